The molecular weight excluding hydrogens is 464 g/mol. The second-order valence-corrected chi connectivity index (χ2v) is 10.7. The van der Waals surface area contributed by atoms with Gasteiger partial charge in [-0.15, -0.1) is 21.5 Å². The molecule has 4 aromatic heterocycles. The number of aromatic nitrogens is 6. The zero-order chi connectivity index (χ0) is 23.7. The van der Waals surface area contributed by atoms with Gasteiger partial charge in [-0.25, -0.2) is 4.98 Å². The summed E-state index contributed by atoms with van der Waals surface area (Å²) >= 11 is 3.05. The molecule has 1 aliphatic rings. The Morgan fingerprint density at radius 3 is 2.79 bits per heavy atom. The second-order valence-electron chi connectivity index (χ2n) is 8.89. The number of rotatable bonds is 7. The standard InChI is InChI=1S/C25H28N6OS2/c1-16-7-4-5-9-21(16)31-23(19-8-6-10-26-14-19)28-29-25(31)34-15-22(32)20-13-17(2)30(18(20)3)24-27-11-12-33-24/h6,8,10-14,16,21H,4-5,7,9,15H2,1-3H3/t16-,21+/m0/s1. The minimum absolute atomic E-state index is 0.0927. The predicted octanol–water partition coefficient (Wildman–Crippen LogP) is 5.93. The number of ketones is 1. The Hall–Kier alpha value is -2.78. The number of carbonyl (C=O) groups excluding carboxylic acids is 1. The molecule has 0 aromatic carbocycles. The fraction of sp³-hybridized carbons (Fsp3) is 0.400. The van der Waals surface area contributed by atoms with Gasteiger partial charge in [-0.2, -0.15) is 0 Å². The van der Waals surface area contributed by atoms with Crippen molar-refractivity contribution < 1.29 is 4.79 Å². The number of carbonyl (C=O) groups is 1. The number of hydrogen-bond acceptors (Lipinski definition) is 7. The number of nitrogens with zero attached hydrogens (tertiary/aromatic N) is 6. The van der Waals surface area contributed by atoms with Crippen LogP contribution in [0.5, 0.6) is 0 Å². The Morgan fingerprint density at radius 2 is 2.06 bits per heavy atom. The molecule has 0 spiro atoms. The smallest absolute Gasteiger partial charge is 0.193 e. The summed E-state index contributed by atoms with van der Waals surface area (Å²) in [6, 6.07) is 6.24. The molecule has 1 saturated carbocycles. The van der Waals surface area contributed by atoms with Gasteiger partial charge in [0.2, 0.25) is 0 Å². The van der Waals surface area contributed by atoms with Crippen LogP contribution in [0.2, 0.25) is 0 Å². The first kappa shape index (κ1) is 23.0. The Labute approximate surface area is 207 Å². The second kappa shape index (κ2) is 9.84. The lowest BCUT2D eigenvalue weighted by molar-refractivity contribution is 0.102. The van der Waals surface area contributed by atoms with E-state index < -0.39 is 0 Å². The SMILES string of the molecule is Cc1cc(C(=O)CSc2nnc(-c3cccnc3)n2[C@@H]2CCCC[C@@H]2C)c(C)n1-c1nccs1. The first-order valence-electron chi connectivity index (χ1n) is 11.6. The number of pyridine rings is 1. The number of thiazole rings is 1. The fourth-order valence-corrected chi connectivity index (χ4v) is 6.55. The van der Waals surface area contributed by atoms with Gasteiger partial charge in [-0.3, -0.25) is 18.9 Å². The number of hydrogen-bond donors (Lipinski definition) is 0. The molecule has 176 valence electrons. The molecule has 1 fully saturated rings. The Balaban J connectivity index is 1.42. The van der Waals surface area contributed by atoms with Crippen molar-refractivity contribution in [3.63, 3.8) is 0 Å². The minimum atomic E-state index is 0.0927. The van der Waals surface area contributed by atoms with Gasteiger partial charge in [0.05, 0.1) is 5.75 Å². The average molecular weight is 493 g/mol. The van der Waals surface area contributed by atoms with E-state index in [0.717, 1.165) is 45.0 Å². The van der Waals surface area contributed by atoms with Crippen molar-refractivity contribution in [1.29, 1.82) is 0 Å². The topological polar surface area (TPSA) is 78.5 Å². The van der Waals surface area contributed by atoms with Crippen molar-refractivity contribution in [2.45, 2.75) is 57.7 Å². The van der Waals surface area contributed by atoms with Crippen LogP contribution in [-0.4, -0.2) is 40.8 Å². The molecule has 0 radical (unpaired) electrons. The van der Waals surface area contributed by atoms with Gasteiger partial charge in [0.15, 0.2) is 21.9 Å². The molecule has 4 heterocycles. The number of aryl methyl sites for hydroxylation is 1. The number of Topliss-reactive ketones (excluding diaryl/α,β-unsaturated/α-hetero) is 1. The summed E-state index contributed by atoms with van der Waals surface area (Å²) in [5.74, 6) is 1.78. The van der Waals surface area contributed by atoms with Crippen molar-refractivity contribution in [3.05, 3.63) is 59.1 Å². The van der Waals surface area contributed by atoms with E-state index in [1.807, 2.05) is 43.6 Å². The molecule has 4 aromatic rings. The summed E-state index contributed by atoms with van der Waals surface area (Å²) in [5.41, 5.74) is 3.64. The molecule has 0 bridgehead atoms. The summed E-state index contributed by atoms with van der Waals surface area (Å²) < 4.78 is 4.31. The van der Waals surface area contributed by atoms with E-state index in [9.17, 15) is 4.79 Å². The predicted molar refractivity (Wildman–Crippen MR) is 136 cm³/mol. The van der Waals surface area contributed by atoms with Crippen LogP contribution < -0.4 is 0 Å². The molecule has 7 nitrogen and oxygen atoms in total. The molecular formula is C25H28N6OS2. The van der Waals surface area contributed by atoms with E-state index in [-0.39, 0.29) is 5.78 Å². The fourth-order valence-electron chi connectivity index (χ4n) is 4.92. The van der Waals surface area contributed by atoms with E-state index in [0.29, 0.717) is 17.7 Å². The van der Waals surface area contributed by atoms with E-state index in [4.69, 9.17) is 0 Å². The van der Waals surface area contributed by atoms with Crippen LogP contribution in [0.3, 0.4) is 0 Å². The van der Waals surface area contributed by atoms with Crippen molar-refractivity contribution in [1.82, 2.24) is 29.3 Å². The van der Waals surface area contributed by atoms with Crippen molar-refractivity contribution in [3.8, 4) is 16.5 Å². The molecule has 5 rings (SSSR count). The Bertz CT molecular complexity index is 1280. The lowest BCUT2D eigenvalue weighted by Gasteiger charge is -2.31. The van der Waals surface area contributed by atoms with Gasteiger partial charge in [-0.05, 0) is 50.8 Å². The quantitative estimate of drug-likeness (QED) is 0.235. The summed E-state index contributed by atoms with van der Waals surface area (Å²) in [4.78, 5) is 22.0. The zero-order valence-electron chi connectivity index (χ0n) is 19.6. The lowest BCUT2D eigenvalue weighted by atomic mass is 9.85. The van der Waals surface area contributed by atoms with Crippen LogP contribution in [-0.2, 0) is 0 Å². The van der Waals surface area contributed by atoms with Gasteiger partial charge in [0, 0.05) is 52.5 Å². The normalized spacial score (nSPS) is 18.3. The Morgan fingerprint density at radius 1 is 1.21 bits per heavy atom. The molecule has 0 saturated heterocycles. The first-order chi connectivity index (χ1) is 16.5. The van der Waals surface area contributed by atoms with Gasteiger partial charge in [0.25, 0.3) is 0 Å². The summed E-state index contributed by atoms with van der Waals surface area (Å²) in [5, 5.41) is 12.7. The molecule has 34 heavy (non-hydrogen) atoms. The largest absolute Gasteiger partial charge is 0.299 e. The molecule has 1 aliphatic carbocycles. The van der Waals surface area contributed by atoms with Crippen LogP contribution in [0.4, 0.5) is 0 Å². The molecule has 2 atom stereocenters. The highest BCUT2D eigenvalue weighted by Gasteiger charge is 2.29. The lowest BCUT2D eigenvalue weighted by Crippen LogP contribution is -2.22. The maximum absolute atomic E-state index is 13.3. The molecule has 0 amide bonds. The molecule has 9 heteroatoms. The maximum Gasteiger partial charge on any atom is 0.193 e. The van der Waals surface area contributed by atoms with Crippen molar-refractivity contribution in [2.75, 3.05) is 5.75 Å². The van der Waals surface area contributed by atoms with Crippen LogP contribution in [0.1, 0.15) is 60.4 Å². The van der Waals surface area contributed by atoms with Crippen LogP contribution >= 0.6 is 23.1 Å². The molecule has 0 aliphatic heterocycles. The van der Waals surface area contributed by atoms with E-state index in [1.165, 1.54) is 31.0 Å². The highest BCUT2D eigenvalue weighted by atomic mass is 32.2. The average Bonchev–Trinajstić information content (AvgIpc) is 3.58. The van der Waals surface area contributed by atoms with Gasteiger partial charge in [-0.1, -0.05) is 31.5 Å². The van der Waals surface area contributed by atoms with Crippen LogP contribution in [0.15, 0.2) is 47.3 Å². The third-order valence-electron chi connectivity index (χ3n) is 6.66. The van der Waals surface area contributed by atoms with Crippen LogP contribution in [0, 0.1) is 19.8 Å². The van der Waals surface area contributed by atoms with Crippen molar-refractivity contribution in [2.24, 2.45) is 5.92 Å². The van der Waals surface area contributed by atoms with E-state index in [2.05, 4.69) is 36.2 Å². The summed E-state index contributed by atoms with van der Waals surface area (Å²) in [6.07, 6.45) is 10.1. The van der Waals surface area contributed by atoms with Crippen LogP contribution in [0.25, 0.3) is 16.5 Å². The maximum atomic E-state index is 13.3. The first-order valence-corrected chi connectivity index (χ1v) is 13.5. The minimum Gasteiger partial charge on any atom is -0.299 e. The van der Waals surface area contributed by atoms with Crippen molar-refractivity contribution >= 4 is 28.9 Å². The third-order valence-corrected chi connectivity index (χ3v) is 8.36. The highest BCUT2D eigenvalue weighted by molar-refractivity contribution is 7.99. The van der Waals surface area contributed by atoms with Gasteiger partial charge < -0.3 is 0 Å². The molecule has 0 N–H and O–H groups in total. The molecule has 0 unspecified atom stereocenters. The highest BCUT2D eigenvalue weighted by Crippen LogP contribution is 2.39. The van der Waals surface area contributed by atoms with Gasteiger partial charge in [0.1, 0.15) is 0 Å². The van der Waals surface area contributed by atoms with Gasteiger partial charge >= 0.3 is 0 Å². The monoisotopic (exact) mass is 492 g/mol. The van der Waals surface area contributed by atoms with E-state index in [1.54, 1.807) is 23.7 Å². The van der Waals surface area contributed by atoms with E-state index >= 15 is 0 Å². The number of thioether (sulfide) groups is 1. The Kier molecular flexibility index (Phi) is 6.65. The summed E-state index contributed by atoms with van der Waals surface area (Å²) in [6.45, 7) is 6.31. The zero-order valence-corrected chi connectivity index (χ0v) is 21.3. The third kappa shape index (κ3) is 4.34. The summed E-state index contributed by atoms with van der Waals surface area (Å²) in [7, 11) is 0.